The lowest BCUT2D eigenvalue weighted by atomic mass is 9.85. The second-order valence-corrected chi connectivity index (χ2v) is 16.0. The Labute approximate surface area is 318 Å². The quantitative estimate of drug-likeness (QED) is 0.232. The normalized spacial score (nSPS) is 22.9. The van der Waals surface area contributed by atoms with Crippen LogP contribution in [0.4, 0.5) is 0 Å². The maximum absolute atomic E-state index is 14.8. The van der Waals surface area contributed by atoms with Gasteiger partial charge in [0, 0.05) is 30.7 Å². The predicted molar refractivity (Wildman–Crippen MR) is 205 cm³/mol. The van der Waals surface area contributed by atoms with Crippen LogP contribution in [0.5, 0.6) is 11.5 Å². The summed E-state index contributed by atoms with van der Waals surface area (Å²) >= 11 is 0. The maximum Gasteiger partial charge on any atom is 0.246 e. The van der Waals surface area contributed by atoms with Gasteiger partial charge in [0.2, 0.25) is 23.5 Å². The molecule has 0 aromatic heterocycles. The highest BCUT2D eigenvalue weighted by Crippen LogP contribution is 2.50. The number of Topliss-reactive ketones (excluding diaryl/α,β-unsaturated/α-hetero) is 2. The van der Waals surface area contributed by atoms with Crippen LogP contribution in [0.3, 0.4) is 0 Å². The molecule has 292 valence electrons. The number of ketones is 2. The molecule has 1 saturated carbocycles. The van der Waals surface area contributed by atoms with Crippen molar-refractivity contribution >= 4 is 35.0 Å². The number of hydrogen-bond donors (Lipinski definition) is 2. The minimum Gasteiger partial charge on any atom is -0.496 e. The van der Waals surface area contributed by atoms with Crippen molar-refractivity contribution in [3.63, 3.8) is 0 Å². The highest BCUT2D eigenvalue weighted by Gasteiger charge is 2.56. The van der Waals surface area contributed by atoms with E-state index in [0.29, 0.717) is 37.3 Å². The molecule has 54 heavy (non-hydrogen) atoms. The van der Waals surface area contributed by atoms with Crippen molar-refractivity contribution in [3.8, 4) is 11.5 Å². The number of methoxy groups -OCH3 is 1. The summed E-state index contributed by atoms with van der Waals surface area (Å²) in [4.78, 5) is 76.0. The zero-order valence-electron chi connectivity index (χ0n) is 33.2. The molecule has 1 saturated heterocycles. The molecule has 3 aliphatic rings. The molecule has 1 spiro atoms. The van der Waals surface area contributed by atoms with E-state index in [0.717, 1.165) is 28.0 Å². The van der Waals surface area contributed by atoms with Gasteiger partial charge in [-0.1, -0.05) is 64.4 Å². The number of carbonyl (C=O) groups excluding carboxylic acids is 5. The Hall–Kier alpha value is -4.74. The van der Waals surface area contributed by atoms with Crippen LogP contribution >= 0.6 is 0 Å². The van der Waals surface area contributed by atoms with Gasteiger partial charge in [-0.3, -0.25) is 24.0 Å². The van der Waals surface area contributed by atoms with Crippen molar-refractivity contribution in [2.45, 2.75) is 124 Å². The summed E-state index contributed by atoms with van der Waals surface area (Å²) in [6.07, 6.45) is 1.91. The number of para-hydroxylation sites is 1. The summed E-state index contributed by atoms with van der Waals surface area (Å²) in [7, 11) is 1.60. The van der Waals surface area contributed by atoms with Crippen LogP contribution in [0.1, 0.15) is 108 Å². The lowest BCUT2D eigenvalue weighted by Crippen LogP contribution is -2.59. The number of oxime groups is 1. The topological polar surface area (TPSA) is 153 Å². The van der Waals surface area contributed by atoms with E-state index in [-0.39, 0.29) is 43.6 Å². The standard InChI is InChI=1S/C42H56N4O8/c1-10-15-30(35(48)33(47)11-2)43-39(50)32-22-42(21-31(45-54-42)26-18-24(4)36(53-12-3)25(5)19-26)23-46(32)40(51)37(41(6,7)8)44-38(49)29-20-28(29)27-16-13-14-17-34(27)52-9/h13-14,16-19,28-30,32,37H,10-12,15,20-23H2,1-9H3,(H,43,50)(H,44,49)/t28-,29?,30-,32-,37+,42+/m0/s1. The van der Waals surface area contributed by atoms with Crippen molar-refractivity contribution < 1.29 is 38.3 Å². The average Bonchev–Trinajstić information content (AvgIpc) is 3.70. The minimum atomic E-state index is -1.05. The summed E-state index contributed by atoms with van der Waals surface area (Å²) < 4.78 is 11.4. The first-order chi connectivity index (χ1) is 25.6. The molecule has 3 amide bonds. The zero-order chi connectivity index (χ0) is 39.5. The second-order valence-electron chi connectivity index (χ2n) is 16.0. The number of amides is 3. The van der Waals surface area contributed by atoms with Gasteiger partial charge >= 0.3 is 0 Å². The average molecular weight is 745 g/mol. The van der Waals surface area contributed by atoms with Crippen molar-refractivity contribution in [1.29, 1.82) is 0 Å². The number of rotatable bonds is 15. The van der Waals surface area contributed by atoms with Gasteiger partial charge in [-0.15, -0.1) is 0 Å². The number of nitrogens with one attached hydrogen (secondary N) is 2. The van der Waals surface area contributed by atoms with Crippen molar-refractivity contribution in [1.82, 2.24) is 15.5 Å². The van der Waals surface area contributed by atoms with Crippen LogP contribution in [-0.4, -0.2) is 83.9 Å². The van der Waals surface area contributed by atoms with Gasteiger partial charge in [-0.2, -0.15) is 0 Å². The third-order valence-electron chi connectivity index (χ3n) is 10.8. The molecule has 1 unspecified atom stereocenters. The summed E-state index contributed by atoms with van der Waals surface area (Å²) in [5, 5.41) is 10.4. The van der Waals surface area contributed by atoms with Gasteiger partial charge in [0.05, 0.1) is 32.0 Å². The van der Waals surface area contributed by atoms with E-state index in [1.54, 1.807) is 14.0 Å². The molecule has 1 aliphatic carbocycles. The van der Waals surface area contributed by atoms with Crippen molar-refractivity contribution in [3.05, 3.63) is 58.7 Å². The molecular weight excluding hydrogens is 688 g/mol. The van der Waals surface area contributed by atoms with Crippen molar-refractivity contribution in [2.75, 3.05) is 20.3 Å². The van der Waals surface area contributed by atoms with Gasteiger partial charge in [0.15, 0.2) is 11.4 Å². The lowest BCUT2D eigenvalue weighted by molar-refractivity contribution is -0.145. The lowest BCUT2D eigenvalue weighted by Gasteiger charge is -2.35. The van der Waals surface area contributed by atoms with E-state index in [1.165, 1.54) is 4.90 Å². The van der Waals surface area contributed by atoms with Gasteiger partial charge in [-0.25, -0.2) is 0 Å². The summed E-state index contributed by atoms with van der Waals surface area (Å²) in [6.45, 7) is 15.5. The molecule has 5 rings (SSSR count). The van der Waals surface area contributed by atoms with E-state index >= 15 is 0 Å². The monoisotopic (exact) mass is 744 g/mol. The molecule has 6 atom stereocenters. The largest absolute Gasteiger partial charge is 0.496 e. The minimum absolute atomic E-state index is 0.0242. The number of carbonyl (C=O) groups is 5. The number of aryl methyl sites for hydroxylation is 2. The van der Waals surface area contributed by atoms with Gasteiger partial charge in [0.25, 0.3) is 0 Å². The van der Waals surface area contributed by atoms with Gasteiger partial charge < -0.3 is 29.8 Å². The third-order valence-corrected chi connectivity index (χ3v) is 10.8. The number of nitrogens with zero attached hydrogens (tertiary/aromatic N) is 2. The Morgan fingerprint density at radius 2 is 1.70 bits per heavy atom. The first-order valence-electron chi connectivity index (χ1n) is 19.2. The van der Waals surface area contributed by atoms with Crippen LogP contribution in [-0.2, 0) is 28.8 Å². The number of ether oxygens (including phenoxy) is 2. The smallest absolute Gasteiger partial charge is 0.246 e. The van der Waals surface area contributed by atoms with E-state index in [1.807, 2.05) is 84.9 Å². The van der Waals surface area contributed by atoms with Crippen molar-refractivity contribution in [2.24, 2.45) is 16.5 Å². The summed E-state index contributed by atoms with van der Waals surface area (Å²) in [5.74, 6) is -1.31. The van der Waals surface area contributed by atoms with Crippen LogP contribution in [0.2, 0.25) is 0 Å². The van der Waals surface area contributed by atoms with Crippen LogP contribution in [0.15, 0.2) is 41.6 Å². The first kappa shape index (κ1) is 40.4. The highest BCUT2D eigenvalue weighted by molar-refractivity contribution is 6.39. The predicted octanol–water partition coefficient (Wildman–Crippen LogP) is 5.34. The first-order valence-corrected chi connectivity index (χ1v) is 19.2. The van der Waals surface area contributed by atoms with Gasteiger partial charge in [0.1, 0.15) is 23.6 Å². The molecule has 2 N–H and O–H groups in total. The molecule has 0 radical (unpaired) electrons. The molecule has 2 aromatic carbocycles. The Morgan fingerprint density at radius 1 is 1.02 bits per heavy atom. The van der Waals surface area contributed by atoms with E-state index in [2.05, 4.69) is 15.8 Å². The van der Waals surface area contributed by atoms with Crippen LogP contribution < -0.4 is 20.1 Å². The highest BCUT2D eigenvalue weighted by atomic mass is 16.7. The van der Waals surface area contributed by atoms with Crippen LogP contribution in [0, 0.1) is 25.2 Å². The van der Waals surface area contributed by atoms with E-state index < -0.39 is 52.5 Å². The van der Waals surface area contributed by atoms with Crippen LogP contribution in [0.25, 0.3) is 0 Å². The molecule has 12 heteroatoms. The van der Waals surface area contributed by atoms with Gasteiger partial charge in [-0.05, 0) is 79.8 Å². The van der Waals surface area contributed by atoms with E-state index in [9.17, 15) is 24.0 Å². The molecule has 2 fully saturated rings. The second kappa shape index (κ2) is 16.3. The summed E-state index contributed by atoms with van der Waals surface area (Å²) in [5.41, 5.74) is 2.63. The Kier molecular flexibility index (Phi) is 12.2. The molecular formula is C42H56N4O8. The fraction of sp³-hybridized carbons (Fsp3) is 0.571. The number of benzene rings is 2. The molecule has 2 aromatic rings. The summed E-state index contributed by atoms with van der Waals surface area (Å²) in [6, 6.07) is 8.55. The molecule has 2 aliphatic heterocycles. The molecule has 0 bridgehead atoms. The molecule has 12 nitrogen and oxygen atoms in total. The fourth-order valence-corrected chi connectivity index (χ4v) is 7.83. The fourth-order valence-electron chi connectivity index (χ4n) is 7.83. The SMILES string of the molecule is CCC[C@H](NC(=O)[C@@H]1C[C@]2(CC(c3cc(C)c(OCC)c(C)c3)=NO2)CN1C(=O)[C@@H](NC(=O)C1C[C@H]1c1ccccc1OC)C(C)(C)C)C(=O)C(=O)CC. The maximum atomic E-state index is 14.8. The van der Waals surface area contributed by atoms with E-state index in [4.69, 9.17) is 14.3 Å². The number of likely N-dealkylation sites (tertiary alicyclic amines) is 1. The third kappa shape index (κ3) is 8.47. The zero-order valence-corrected chi connectivity index (χ0v) is 33.2. The Bertz CT molecular complexity index is 1790. The Morgan fingerprint density at radius 3 is 2.31 bits per heavy atom. The number of hydrogen-bond acceptors (Lipinski definition) is 9. The molecule has 2 heterocycles. The Balaban J connectivity index is 1.42.